The molecule has 0 aromatic carbocycles. The largest absolute Gasteiger partial charge is 0.361 e. The van der Waals surface area contributed by atoms with Crippen molar-refractivity contribution in [3.05, 3.63) is 41.0 Å². The number of pyridine rings is 1. The van der Waals surface area contributed by atoms with Crippen LogP contribution >= 0.6 is 11.6 Å². The molecule has 0 unspecified atom stereocenters. The van der Waals surface area contributed by atoms with Gasteiger partial charge in [-0.25, -0.2) is 4.98 Å². The average Bonchev–Trinajstić information content (AvgIpc) is 2.68. The summed E-state index contributed by atoms with van der Waals surface area (Å²) in [4.78, 5) is 15.6. The van der Waals surface area contributed by atoms with Gasteiger partial charge in [-0.1, -0.05) is 16.8 Å². The summed E-state index contributed by atoms with van der Waals surface area (Å²) in [7, 11) is 0. The van der Waals surface area contributed by atoms with Gasteiger partial charge in [0.15, 0.2) is 5.15 Å². The highest BCUT2D eigenvalue weighted by Gasteiger charge is 2.14. The fraction of sp³-hybridized carbons (Fsp3) is 0.100. The highest BCUT2D eigenvalue weighted by molar-refractivity contribution is 6.32. The summed E-state index contributed by atoms with van der Waals surface area (Å²) in [5, 5.41) is 6.38. The number of hydrogen-bond acceptors (Lipinski definition) is 4. The second kappa shape index (κ2) is 4.32. The van der Waals surface area contributed by atoms with Crippen molar-refractivity contribution in [1.82, 2.24) is 10.1 Å². The maximum absolute atomic E-state index is 11.8. The molecule has 0 spiro atoms. The SMILES string of the molecule is Cc1oncc1C(=O)Nc1cccnc1Cl. The third-order valence-electron chi connectivity index (χ3n) is 2.00. The van der Waals surface area contributed by atoms with E-state index in [1.807, 2.05) is 0 Å². The lowest BCUT2D eigenvalue weighted by Crippen LogP contribution is -2.12. The highest BCUT2D eigenvalue weighted by atomic mass is 35.5. The Balaban J connectivity index is 2.21. The van der Waals surface area contributed by atoms with E-state index in [1.165, 1.54) is 6.20 Å². The first-order chi connectivity index (χ1) is 7.68. The Labute approximate surface area is 96.4 Å². The van der Waals surface area contributed by atoms with Crippen LogP contribution < -0.4 is 5.32 Å². The molecule has 0 aliphatic rings. The Bertz CT molecular complexity index is 524. The summed E-state index contributed by atoms with van der Waals surface area (Å²) >= 11 is 5.80. The summed E-state index contributed by atoms with van der Waals surface area (Å²) in [5.41, 5.74) is 0.828. The molecule has 6 heteroatoms. The fourth-order valence-corrected chi connectivity index (χ4v) is 1.35. The van der Waals surface area contributed by atoms with Gasteiger partial charge in [0, 0.05) is 6.20 Å². The molecule has 0 fully saturated rings. The van der Waals surface area contributed by atoms with Crippen molar-refractivity contribution in [1.29, 1.82) is 0 Å². The van der Waals surface area contributed by atoms with Gasteiger partial charge in [-0.15, -0.1) is 0 Å². The van der Waals surface area contributed by atoms with Crippen molar-refractivity contribution in [2.75, 3.05) is 5.32 Å². The molecular formula is C10H8ClN3O2. The van der Waals surface area contributed by atoms with Gasteiger partial charge in [-0.3, -0.25) is 4.79 Å². The van der Waals surface area contributed by atoms with Crippen LogP contribution in [0.3, 0.4) is 0 Å². The molecule has 0 saturated heterocycles. The van der Waals surface area contributed by atoms with Gasteiger partial charge in [0.2, 0.25) is 0 Å². The van der Waals surface area contributed by atoms with Crippen LogP contribution in [0.5, 0.6) is 0 Å². The van der Waals surface area contributed by atoms with Gasteiger partial charge in [-0.05, 0) is 19.1 Å². The van der Waals surface area contributed by atoms with E-state index in [4.69, 9.17) is 16.1 Å². The summed E-state index contributed by atoms with van der Waals surface area (Å²) < 4.78 is 4.79. The maximum atomic E-state index is 11.8. The van der Waals surface area contributed by atoms with Crippen molar-refractivity contribution in [3.8, 4) is 0 Å². The van der Waals surface area contributed by atoms with Crippen LogP contribution in [0.15, 0.2) is 29.0 Å². The predicted molar refractivity (Wildman–Crippen MR) is 58.4 cm³/mol. The molecule has 0 aliphatic heterocycles. The second-order valence-electron chi connectivity index (χ2n) is 3.09. The third-order valence-corrected chi connectivity index (χ3v) is 2.30. The molecule has 1 N–H and O–H groups in total. The Morgan fingerprint density at radius 1 is 1.56 bits per heavy atom. The number of halogens is 1. The number of nitrogens with zero attached hydrogens (tertiary/aromatic N) is 2. The van der Waals surface area contributed by atoms with E-state index in [-0.39, 0.29) is 11.1 Å². The Kier molecular flexibility index (Phi) is 2.87. The van der Waals surface area contributed by atoms with Gasteiger partial charge in [0.1, 0.15) is 11.3 Å². The third kappa shape index (κ3) is 2.04. The zero-order chi connectivity index (χ0) is 11.5. The Hall–Kier alpha value is -1.88. The van der Waals surface area contributed by atoms with Crippen molar-refractivity contribution in [3.63, 3.8) is 0 Å². The number of carbonyl (C=O) groups excluding carboxylic acids is 1. The number of aromatic nitrogens is 2. The maximum Gasteiger partial charge on any atom is 0.260 e. The van der Waals surface area contributed by atoms with Gasteiger partial charge >= 0.3 is 0 Å². The van der Waals surface area contributed by atoms with E-state index in [0.29, 0.717) is 17.0 Å². The lowest BCUT2D eigenvalue weighted by Gasteiger charge is -2.04. The monoisotopic (exact) mass is 237 g/mol. The number of anilines is 1. The molecular weight excluding hydrogens is 230 g/mol. The smallest absolute Gasteiger partial charge is 0.260 e. The number of carbonyl (C=O) groups is 1. The molecule has 2 heterocycles. The first-order valence-corrected chi connectivity index (χ1v) is 4.89. The van der Waals surface area contributed by atoms with Crippen LogP contribution in [0.4, 0.5) is 5.69 Å². The summed E-state index contributed by atoms with van der Waals surface area (Å²) in [6.07, 6.45) is 2.90. The van der Waals surface area contributed by atoms with E-state index >= 15 is 0 Å². The van der Waals surface area contributed by atoms with E-state index in [0.717, 1.165) is 0 Å². The molecule has 16 heavy (non-hydrogen) atoms. The summed E-state index contributed by atoms with van der Waals surface area (Å²) in [5.74, 6) is 0.131. The van der Waals surface area contributed by atoms with Crippen LogP contribution in [0.2, 0.25) is 5.15 Å². The van der Waals surface area contributed by atoms with Crippen LogP contribution in [-0.2, 0) is 0 Å². The molecule has 82 valence electrons. The van der Waals surface area contributed by atoms with Gasteiger partial charge < -0.3 is 9.84 Å². The molecule has 0 atom stereocenters. The first-order valence-electron chi connectivity index (χ1n) is 4.51. The number of amides is 1. The zero-order valence-electron chi connectivity index (χ0n) is 8.40. The Morgan fingerprint density at radius 3 is 3.00 bits per heavy atom. The number of hydrogen-bond donors (Lipinski definition) is 1. The first kappa shape index (κ1) is 10.6. The quantitative estimate of drug-likeness (QED) is 0.814. The minimum absolute atomic E-state index is 0.241. The molecule has 5 nitrogen and oxygen atoms in total. The fourth-order valence-electron chi connectivity index (χ4n) is 1.19. The van der Waals surface area contributed by atoms with Crippen LogP contribution in [0.1, 0.15) is 16.1 Å². The molecule has 2 aromatic heterocycles. The van der Waals surface area contributed by atoms with Crippen LogP contribution in [-0.4, -0.2) is 16.0 Å². The lowest BCUT2D eigenvalue weighted by atomic mass is 10.2. The minimum atomic E-state index is -0.325. The van der Waals surface area contributed by atoms with Gasteiger partial charge in [0.25, 0.3) is 5.91 Å². The van der Waals surface area contributed by atoms with E-state index in [9.17, 15) is 4.79 Å². The Morgan fingerprint density at radius 2 is 2.38 bits per heavy atom. The van der Waals surface area contributed by atoms with Crippen molar-refractivity contribution >= 4 is 23.2 Å². The predicted octanol–water partition coefficient (Wildman–Crippen LogP) is 2.28. The highest BCUT2D eigenvalue weighted by Crippen LogP contribution is 2.19. The average molecular weight is 238 g/mol. The van der Waals surface area contributed by atoms with Crippen LogP contribution in [0, 0.1) is 6.92 Å². The molecule has 0 saturated carbocycles. The molecule has 2 aromatic rings. The van der Waals surface area contributed by atoms with Gasteiger partial charge in [0.05, 0.1) is 11.9 Å². The number of aryl methyl sites for hydroxylation is 1. The van der Waals surface area contributed by atoms with Crippen LogP contribution in [0.25, 0.3) is 0 Å². The van der Waals surface area contributed by atoms with Crippen molar-refractivity contribution in [2.45, 2.75) is 6.92 Å². The van der Waals surface area contributed by atoms with E-state index in [1.54, 1.807) is 25.3 Å². The summed E-state index contributed by atoms with van der Waals surface area (Å²) in [6.45, 7) is 1.66. The molecule has 0 aliphatic carbocycles. The summed E-state index contributed by atoms with van der Waals surface area (Å²) in [6, 6.07) is 3.35. The molecule has 1 amide bonds. The molecule has 0 radical (unpaired) electrons. The molecule has 2 rings (SSSR count). The topological polar surface area (TPSA) is 68.0 Å². The van der Waals surface area contributed by atoms with E-state index in [2.05, 4.69) is 15.5 Å². The van der Waals surface area contributed by atoms with Gasteiger partial charge in [-0.2, -0.15) is 0 Å². The zero-order valence-corrected chi connectivity index (χ0v) is 9.15. The van der Waals surface area contributed by atoms with E-state index < -0.39 is 0 Å². The normalized spacial score (nSPS) is 10.1. The van der Waals surface area contributed by atoms with Crippen molar-refractivity contribution in [2.24, 2.45) is 0 Å². The number of nitrogens with one attached hydrogen (secondary N) is 1. The minimum Gasteiger partial charge on any atom is -0.361 e. The number of rotatable bonds is 2. The standard InChI is InChI=1S/C10H8ClN3O2/c1-6-7(5-13-16-6)10(15)14-8-3-2-4-12-9(8)11/h2-5H,1H3,(H,14,15). The van der Waals surface area contributed by atoms with Crippen molar-refractivity contribution < 1.29 is 9.32 Å². The second-order valence-corrected chi connectivity index (χ2v) is 3.45. The lowest BCUT2D eigenvalue weighted by molar-refractivity contribution is 0.102. The molecule has 0 bridgehead atoms.